The van der Waals surface area contributed by atoms with E-state index in [9.17, 15) is 0 Å². The Morgan fingerprint density at radius 2 is 1.71 bits per heavy atom. The highest BCUT2D eigenvalue weighted by molar-refractivity contribution is 14.1. The highest BCUT2D eigenvalue weighted by Gasteiger charge is 2.10. The summed E-state index contributed by atoms with van der Waals surface area (Å²) in [6.45, 7) is 4.12. The molecule has 0 aliphatic rings. The molecule has 0 atom stereocenters. The van der Waals surface area contributed by atoms with E-state index in [1.54, 1.807) is 4.68 Å². The minimum Gasteiger partial charge on any atom is -0.322 e. The molecule has 0 fully saturated rings. The van der Waals surface area contributed by atoms with E-state index in [2.05, 4.69) is 69.4 Å². The Kier molecular flexibility index (Phi) is 3.87. The number of anilines is 2. The van der Waals surface area contributed by atoms with Crippen molar-refractivity contribution >= 4 is 34.2 Å². The third-order valence-corrected chi connectivity index (χ3v) is 4.01. The van der Waals surface area contributed by atoms with Crippen LogP contribution in [0.3, 0.4) is 0 Å². The third kappa shape index (κ3) is 3.05. The number of benzene rings is 2. The Balaban J connectivity index is 1.94. The van der Waals surface area contributed by atoms with E-state index in [1.165, 1.54) is 11.1 Å². The molecule has 2 aromatic carbocycles. The van der Waals surface area contributed by atoms with Crippen LogP contribution in [0, 0.1) is 17.4 Å². The van der Waals surface area contributed by atoms with Crippen molar-refractivity contribution in [2.24, 2.45) is 0 Å². The normalized spacial score (nSPS) is 10.6. The molecule has 1 N–H and O–H groups in total. The van der Waals surface area contributed by atoms with Gasteiger partial charge >= 0.3 is 0 Å². The van der Waals surface area contributed by atoms with Crippen LogP contribution in [-0.2, 0) is 0 Å². The molecule has 0 saturated carbocycles. The molecule has 0 bridgehead atoms. The zero-order valence-electron chi connectivity index (χ0n) is 11.7. The zero-order chi connectivity index (χ0) is 14.8. The molecule has 0 aliphatic carbocycles. The molecular weight excluding hydrogens is 377 g/mol. The van der Waals surface area contributed by atoms with E-state index in [1.807, 2.05) is 30.3 Å². The molecule has 1 heterocycles. The summed E-state index contributed by atoms with van der Waals surface area (Å²) in [6.07, 6.45) is 0. The smallest absolute Gasteiger partial charge is 0.252 e. The maximum absolute atomic E-state index is 4.06. The summed E-state index contributed by atoms with van der Waals surface area (Å²) in [5, 5.41) is 15.2. The highest BCUT2D eigenvalue weighted by atomic mass is 127. The molecule has 0 unspecified atom stereocenters. The van der Waals surface area contributed by atoms with Crippen molar-refractivity contribution < 1.29 is 0 Å². The van der Waals surface area contributed by atoms with E-state index in [-0.39, 0.29) is 0 Å². The van der Waals surface area contributed by atoms with Crippen molar-refractivity contribution in [3.8, 4) is 5.69 Å². The molecule has 5 nitrogen and oxygen atoms in total. The summed E-state index contributed by atoms with van der Waals surface area (Å²) in [4.78, 5) is 0. The second kappa shape index (κ2) is 5.80. The van der Waals surface area contributed by atoms with Crippen LogP contribution in [0.25, 0.3) is 5.69 Å². The Bertz CT molecular complexity index is 764. The van der Waals surface area contributed by atoms with E-state index in [0.717, 1.165) is 14.9 Å². The molecule has 106 valence electrons. The minimum absolute atomic E-state index is 0.598. The van der Waals surface area contributed by atoms with Gasteiger partial charge in [-0.05, 0) is 76.7 Å². The Morgan fingerprint density at radius 1 is 1.00 bits per heavy atom. The molecule has 0 aliphatic heterocycles. The summed E-state index contributed by atoms with van der Waals surface area (Å²) in [6, 6.07) is 14.3. The van der Waals surface area contributed by atoms with Crippen LogP contribution in [0.1, 0.15) is 11.1 Å². The highest BCUT2D eigenvalue weighted by Crippen LogP contribution is 2.23. The first-order valence-electron chi connectivity index (χ1n) is 6.52. The lowest BCUT2D eigenvalue weighted by molar-refractivity contribution is 0.791. The fourth-order valence-electron chi connectivity index (χ4n) is 1.97. The molecule has 0 amide bonds. The molecule has 0 saturated heterocycles. The maximum Gasteiger partial charge on any atom is 0.252 e. The largest absolute Gasteiger partial charge is 0.322 e. The summed E-state index contributed by atoms with van der Waals surface area (Å²) < 4.78 is 2.82. The Labute approximate surface area is 136 Å². The number of rotatable bonds is 3. The van der Waals surface area contributed by atoms with Crippen LogP contribution in [0.5, 0.6) is 0 Å². The zero-order valence-corrected chi connectivity index (χ0v) is 13.9. The van der Waals surface area contributed by atoms with Gasteiger partial charge in [0.1, 0.15) is 0 Å². The number of aromatic nitrogens is 4. The number of nitrogens with zero attached hydrogens (tertiary/aromatic N) is 4. The first-order chi connectivity index (χ1) is 10.1. The van der Waals surface area contributed by atoms with Crippen LogP contribution in [0.15, 0.2) is 42.5 Å². The van der Waals surface area contributed by atoms with Gasteiger partial charge < -0.3 is 5.32 Å². The molecule has 21 heavy (non-hydrogen) atoms. The quantitative estimate of drug-likeness (QED) is 0.693. The monoisotopic (exact) mass is 391 g/mol. The Hall–Kier alpha value is -1.96. The van der Waals surface area contributed by atoms with E-state index < -0.39 is 0 Å². The summed E-state index contributed by atoms with van der Waals surface area (Å²) in [5.74, 6) is 0.598. The van der Waals surface area contributed by atoms with E-state index >= 15 is 0 Å². The number of halogens is 1. The lowest BCUT2D eigenvalue weighted by atomic mass is 10.2. The first kappa shape index (κ1) is 14.0. The number of aryl methyl sites for hydroxylation is 2. The van der Waals surface area contributed by atoms with Crippen molar-refractivity contribution in [1.82, 2.24) is 20.2 Å². The van der Waals surface area contributed by atoms with Gasteiger partial charge in [-0.15, -0.1) is 0 Å². The fraction of sp³-hybridized carbons (Fsp3) is 0.133. The first-order valence-corrected chi connectivity index (χ1v) is 7.60. The minimum atomic E-state index is 0.598. The predicted octanol–water partition coefficient (Wildman–Crippen LogP) is 3.63. The molecule has 6 heteroatoms. The van der Waals surface area contributed by atoms with Gasteiger partial charge in [0.15, 0.2) is 0 Å². The van der Waals surface area contributed by atoms with Crippen LogP contribution in [0.2, 0.25) is 0 Å². The summed E-state index contributed by atoms with van der Waals surface area (Å²) >= 11 is 2.30. The number of hydrogen-bond acceptors (Lipinski definition) is 4. The van der Waals surface area contributed by atoms with Crippen molar-refractivity contribution in [2.75, 3.05) is 5.32 Å². The molecule has 3 rings (SSSR count). The van der Waals surface area contributed by atoms with Crippen LogP contribution in [0.4, 0.5) is 11.6 Å². The van der Waals surface area contributed by atoms with Crippen molar-refractivity contribution in [2.45, 2.75) is 13.8 Å². The van der Waals surface area contributed by atoms with Crippen molar-refractivity contribution in [1.29, 1.82) is 0 Å². The van der Waals surface area contributed by atoms with Crippen LogP contribution in [-0.4, -0.2) is 20.2 Å². The predicted molar refractivity (Wildman–Crippen MR) is 91.1 cm³/mol. The average molecular weight is 391 g/mol. The number of tetrazole rings is 1. The van der Waals surface area contributed by atoms with Gasteiger partial charge in [-0.25, -0.2) is 0 Å². The molecule has 1 aromatic heterocycles. The molecule has 3 aromatic rings. The summed E-state index contributed by atoms with van der Waals surface area (Å²) in [5.41, 5.74) is 4.34. The van der Waals surface area contributed by atoms with Gasteiger partial charge in [0.2, 0.25) is 0 Å². The van der Waals surface area contributed by atoms with Gasteiger partial charge in [-0.3, -0.25) is 0 Å². The topological polar surface area (TPSA) is 55.6 Å². The summed E-state index contributed by atoms with van der Waals surface area (Å²) in [7, 11) is 0. The van der Waals surface area contributed by atoms with Gasteiger partial charge in [0, 0.05) is 3.57 Å². The lowest BCUT2D eigenvalue weighted by Crippen LogP contribution is -2.04. The lowest BCUT2D eigenvalue weighted by Gasteiger charge is -2.09. The number of hydrogen-bond donors (Lipinski definition) is 1. The second-order valence-electron chi connectivity index (χ2n) is 4.86. The van der Waals surface area contributed by atoms with Crippen molar-refractivity contribution in [3.63, 3.8) is 0 Å². The van der Waals surface area contributed by atoms with Crippen LogP contribution >= 0.6 is 22.6 Å². The molecular formula is C15H14IN5. The van der Waals surface area contributed by atoms with Crippen LogP contribution < -0.4 is 5.32 Å². The SMILES string of the molecule is Cc1ccc(-n2nnnc2Nc2ccc(C)cc2I)cc1. The third-order valence-electron chi connectivity index (χ3n) is 3.12. The average Bonchev–Trinajstić information content (AvgIpc) is 2.91. The van der Waals surface area contributed by atoms with E-state index in [0.29, 0.717) is 5.95 Å². The Morgan fingerprint density at radius 3 is 2.43 bits per heavy atom. The second-order valence-corrected chi connectivity index (χ2v) is 6.02. The van der Waals surface area contributed by atoms with E-state index in [4.69, 9.17) is 0 Å². The van der Waals surface area contributed by atoms with Gasteiger partial charge in [0.05, 0.1) is 11.4 Å². The number of nitrogens with one attached hydrogen (secondary N) is 1. The van der Waals surface area contributed by atoms with Gasteiger partial charge in [-0.1, -0.05) is 28.9 Å². The fourth-order valence-corrected chi connectivity index (χ4v) is 2.77. The molecule has 0 radical (unpaired) electrons. The maximum atomic E-state index is 4.06. The standard InChI is InChI=1S/C15H14IN5/c1-10-3-6-12(7-4-10)21-15(18-19-20-21)17-14-8-5-11(2)9-13(14)16/h3-9H,1-2H3,(H,17,18,20). The van der Waals surface area contributed by atoms with Gasteiger partial charge in [0.25, 0.3) is 5.95 Å². The molecule has 0 spiro atoms. The van der Waals surface area contributed by atoms with Gasteiger partial charge in [-0.2, -0.15) is 4.68 Å². The van der Waals surface area contributed by atoms with Crippen molar-refractivity contribution in [3.05, 3.63) is 57.2 Å².